The summed E-state index contributed by atoms with van der Waals surface area (Å²) in [5.41, 5.74) is 0. The van der Waals surface area contributed by atoms with Crippen LogP contribution in [0.1, 0.15) is 19.8 Å². The minimum Gasteiger partial charge on any atom is -0.353 e. The fraction of sp³-hybridized carbons (Fsp3) is 0.900. The summed E-state index contributed by atoms with van der Waals surface area (Å²) in [6.45, 7) is 4.63. The van der Waals surface area contributed by atoms with E-state index in [1.165, 1.54) is 12.8 Å². The van der Waals surface area contributed by atoms with Crippen molar-refractivity contribution in [1.29, 1.82) is 0 Å². The van der Waals surface area contributed by atoms with Gasteiger partial charge in [-0.1, -0.05) is 0 Å². The van der Waals surface area contributed by atoms with Crippen LogP contribution in [0.5, 0.6) is 0 Å². The smallest absolute Gasteiger partial charge is 0.234 e. The van der Waals surface area contributed by atoms with E-state index in [1.54, 1.807) is 0 Å². The number of rotatable bonds is 1. The fourth-order valence-electron chi connectivity index (χ4n) is 2.45. The molecule has 0 bridgehead atoms. The number of piperazine rings is 1. The van der Waals surface area contributed by atoms with Crippen molar-refractivity contribution < 1.29 is 4.79 Å². The summed E-state index contributed by atoms with van der Waals surface area (Å²) in [7, 11) is 0. The summed E-state index contributed by atoms with van der Waals surface area (Å²) in [4.78, 5) is 11.0. The van der Waals surface area contributed by atoms with Crippen LogP contribution in [-0.4, -0.2) is 37.6 Å². The zero-order valence-electron chi connectivity index (χ0n) is 8.68. The maximum atomic E-state index is 11.0. The summed E-state index contributed by atoms with van der Waals surface area (Å²) >= 11 is 0. The molecule has 80 valence electrons. The highest BCUT2D eigenvalue weighted by Crippen LogP contribution is 2.20. The Hall–Kier alpha value is -0.610. The monoisotopic (exact) mass is 197 g/mol. The first kappa shape index (κ1) is 9.93. The van der Waals surface area contributed by atoms with E-state index in [9.17, 15) is 4.79 Å². The summed E-state index contributed by atoms with van der Waals surface area (Å²) in [6.07, 6.45) is 2.44. The molecule has 3 unspecified atom stereocenters. The Morgan fingerprint density at radius 3 is 2.86 bits per heavy atom. The third-order valence-electron chi connectivity index (χ3n) is 3.28. The molecule has 3 N–H and O–H groups in total. The van der Waals surface area contributed by atoms with Gasteiger partial charge in [-0.15, -0.1) is 0 Å². The van der Waals surface area contributed by atoms with E-state index in [0.717, 1.165) is 13.1 Å². The van der Waals surface area contributed by atoms with E-state index in [1.807, 2.05) is 0 Å². The Morgan fingerprint density at radius 1 is 1.36 bits per heavy atom. The van der Waals surface area contributed by atoms with Gasteiger partial charge in [0.2, 0.25) is 5.91 Å². The van der Waals surface area contributed by atoms with Crippen molar-refractivity contribution in [1.82, 2.24) is 16.0 Å². The molecule has 4 nitrogen and oxygen atoms in total. The lowest BCUT2D eigenvalue weighted by atomic mass is 9.86. The molecule has 2 heterocycles. The number of piperidine rings is 1. The van der Waals surface area contributed by atoms with Gasteiger partial charge in [0.25, 0.3) is 0 Å². The van der Waals surface area contributed by atoms with Crippen molar-refractivity contribution in [3.63, 3.8) is 0 Å². The first-order valence-electron chi connectivity index (χ1n) is 5.49. The van der Waals surface area contributed by atoms with Gasteiger partial charge in [0.15, 0.2) is 0 Å². The van der Waals surface area contributed by atoms with Crippen LogP contribution >= 0.6 is 0 Å². The topological polar surface area (TPSA) is 53.2 Å². The molecule has 14 heavy (non-hydrogen) atoms. The van der Waals surface area contributed by atoms with Crippen LogP contribution in [0.4, 0.5) is 0 Å². The van der Waals surface area contributed by atoms with Crippen LogP contribution in [0.2, 0.25) is 0 Å². The predicted molar refractivity (Wildman–Crippen MR) is 55.0 cm³/mol. The number of amides is 1. The summed E-state index contributed by atoms with van der Waals surface area (Å²) in [5.74, 6) is 0.843. The van der Waals surface area contributed by atoms with Gasteiger partial charge in [-0.05, 0) is 32.2 Å². The van der Waals surface area contributed by atoms with Gasteiger partial charge in [0, 0.05) is 18.6 Å². The molecular formula is C10H19N3O. The Morgan fingerprint density at radius 2 is 2.21 bits per heavy atom. The zero-order chi connectivity index (χ0) is 9.97. The summed E-state index contributed by atoms with van der Waals surface area (Å²) in [5, 5.41) is 9.69. The van der Waals surface area contributed by atoms with Crippen LogP contribution < -0.4 is 16.0 Å². The molecule has 0 aromatic carbocycles. The lowest BCUT2D eigenvalue weighted by Crippen LogP contribution is -2.56. The second-order valence-electron chi connectivity index (χ2n) is 4.43. The number of hydrogen-bond donors (Lipinski definition) is 3. The third kappa shape index (κ3) is 2.25. The number of nitrogens with one attached hydrogen (secondary N) is 3. The van der Waals surface area contributed by atoms with Gasteiger partial charge < -0.3 is 16.0 Å². The molecule has 4 heteroatoms. The van der Waals surface area contributed by atoms with E-state index < -0.39 is 0 Å². The van der Waals surface area contributed by atoms with Gasteiger partial charge in [-0.25, -0.2) is 0 Å². The first-order valence-corrected chi connectivity index (χ1v) is 5.49. The summed E-state index contributed by atoms with van der Waals surface area (Å²) in [6, 6.07) is 1.10. The average molecular weight is 197 g/mol. The third-order valence-corrected chi connectivity index (χ3v) is 3.28. The van der Waals surface area contributed by atoms with E-state index >= 15 is 0 Å². The first-order chi connectivity index (χ1) is 6.75. The minimum atomic E-state index is 0.128. The van der Waals surface area contributed by atoms with Crippen LogP contribution in [0, 0.1) is 5.92 Å². The molecule has 0 spiro atoms. The maximum absolute atomic E-state index is 11.0. The SMILES string of the molecule is CC1CC(C2CNC(=O)CN2)CCN1. The molecule has 2 aliphatic rings. The molecule has 2 fully saturated rings. The molecule has 3 atom stereocenters. The van der Waals surface area contributed by atoms with Gasteiger partial charge in [0.1, 0.15) is 0 Å². The van der Waals surface area contributed by atoms with Crippen LogP contribution in [0.3, 0.4) is 0 Å². The van der Waals surface area contributed by atoms with Crippen molar-refractivity contribution in [3.05, 3.63) is 0 Å². The van der Waals surface area contributed by atoms with Crippen molar-refractivity contribution >= 4 is 5.91 Å². The molecule has 2 rings (SSSR count). The predicted octanol–water partition coefficient (Wildman–Crippen LogP) is -0.537. The standard InChI is InChI=1S/C10H19N3O/c1-7-4-8(2-3-11-7)9-5-13-10(14)6-12-9/h7-9,11-12H,2-6H2,1H3,(H,13,14). The number of carbonyl (C=O) groups excluding carboxylic acids is 1. The van der Waals surface area contributed by atoms with Crippen LogP contribution in [-0.2, 0) is 4.79 Å². The molecule has 2 aliphatic heterocycles. The van der Waals surface area contributed by atoms with Crippen molar-refractivity contribution in [2.24, 2.45) is 5.92 Å². The highest BCUT2D eigenvalue weighted by Gasteiger charge is 2.28. The fourth-order valence-corrected chi connectivity index (χ4v) is 2.45. The molecule has 0 aromatic rings. The Bertz CT molecular complexity index is 209. The van der Waals surface area contributed by atoms with Gasteiger partial charge in [-0.3, -0.25) is 4.79 Å². The maximum Gasteiger partial charge on any atom is 0.234 e. The molecule has 0 aromatic heterocycles. The number of carbonyl (C=O) groups is 1. The van der Waals surface area contributed by atoms with E-state index in [4.69, 9.17) is 0 Å². The minimum absolute atomic E-state index is 0.128. The quantitative estimate of drug-likeness (QED) is 0.529. The van der Waals surface area contributed by atoms with Gasteiger partial charge >= 0.3 is 0 Å². The highest BCUT2D eigenvalue weighted by molar-refractivity contribution is 5.78. The second-order valence-corrected chi connectivity index (χ2v) is 4.43. The largest absolute Gasteiger partial charge is 0.353 e. The van der Waals surface area contributed by atoms with E-state index in [2.05, 4.69) is 22.9 Å². The molecule has 0 aliphatic carbocycles. The summed E-state index contributed by atoms with van der Waals surface area (Å²) < 4.78 is 0. The molecular weight excluding hydrogens is 178 g/mol. The van der Waals surface area contributed by atoms with Crippen molar-refractivity contribution in [2.75, 3.05) is 19.6 Å². The Kier molecular flexibility index (Phi) is 3.03. The van der Waals surface area contributed by atoms with E-state index in [0.29, 0.717) is 24.5 Å². The average Bonchev–Trinajstić information content (AvgIpc) is 2.19. The van der Waals surface area contributed by atoms with Crippen LogP contribution in [0.15, 0.2) is 0 Å². The zero-order valence-corrected chi connectivity index (χ0v) is 8.68. The molecule has 0 radical (unpaired) electrons. The normalized spacial score (nSPS) is 39.2. The lowest BCUT2D eigenvalue weighted by Gasteiger charge is -2.36. The second kappa shape index (κ2) is 4.28. The lowest BCUT2D eigenvalue weighted by molar-refractivity contribution is -0.122. The molecule has 2 saturated heterocycles. The van der Waals surface area contributed by atoms with Crippen molar-refractivity contribution in [2.45, 2.75) is 31.8 Å². The Balaban J connectivity index is 1.85. The van der Waals surface area contributed by atoms with Gasteiger partial charge in [0.05, 0.1) is 6.54 Å². The van der Waals surface area contributed by atoms with Crippen molar-refractivity contribution in [3.8, 4) is 0 Å². The number of hydrogen-bond acceptors (Lipinski definition) is 3. The molecule has 0 saturated carbocycles. The van der Waals surface area contributed by atoms with E-state index in [-0.39, 0.29) is 5.91 Å². The van der Waals surface area contributed by atoms with Gasteiger partial charge in [-0.2, -0.15) is 0 Å². The Labute approximate surface area is 84.8 Å². The van der Waals surface area contributed by atoms with Crippen LogP contribution in [0.25, 0.3) is 0 Å². The highest BCUT2D eigenvalue weighted by atomic mass is 16.2. The molecule has 1 amide bonds.